The third-order valence-electron chi connectivity index (χ3n) is 4.35. The first-order valence-electron chi connectivity index (χ1n) is 7.87. The quantitative estimate of drug-likeness (QED) is 0.902. The van der Waals surface area contributed by atoms with Crippen molar-refractivity contribution in [3.63, 3.8) is 0 Å². The Balaban J connectivity index is 1.73. The minimum absolute atomic E-state index is 0.158. The van der Waals surface area contributed by atoms with E-state index >= 15 is 0 Å². The molecule has 1 aromatic heterocycles. The van der Waals surface area contributed by atoms with E-state index in [1.807, 2.05) is 24.3 Å². The van der Waals surface area contributed by atoms with E-state index in [0.717, 1.165) is 28.9 Å². The molecule has 24 heavy (non-hydrogen) atoms. The largest absolute Gasteiger partial charge is 0.379 e. The molecule has 0 saturated carbocycles. The van der Waals surface area contributed by atoms with Crippen molar-refractivity contribution >= 4 is 17.3 Å². The lowest BCUT2D eigenvalue weighted by molar-refractivity contribution is -0.117. The summed E-state index contributed by atoms with van der Waals surface area (Å²) in [7, 11) is 3.10. The molecule has 7 nitrogen and oxygen atoms in total. The molecule has 1 aromatic carbocycles. The van der Waals surface area contributed by atoms with Crippen LogP contribution in [-0.2, 0) is 25.4 Å². The first kappa shape index (κ1) is 16.0. The van der Waals surface area contributed by atoms with Crippen LogP contribution in [0.1, 0.15) is 18.5 Å². The van der Waals surface area contributed by atoms with Crippen LogP contribution in [0.25, 0.3) is 0 Å². The fraction of sp³-hybridized carbons (Fsp3) is 0.353. The van der Waals surface area contributed by atoms with Crippen molar-refractivity contribution in [2.24, 2.45) is 14.1 Å². The molecule has 1 aliphatic heterocycles. The smallest absolute Gasteiger partial charge is 0.330 e. The van der Waals surface area contributed by atoms with Crippen molar-refractivity contribution in [2.45, 2.75) is 19.4 Å². The van der Waals surface area contributed by atoms with Crippen LogP contribution >= 0.6 is 0 Å². The van der Waals surface area contributed by atoms with Gasteiger partial charge in [0.2, 0.25) is 5.91 Å². The van der Waals surface area contributed by atoms with Crippen molar-refractivity contribution in [2.75, 3.05) is 16.8 Å². The minimum atomic E-state index is -0.345. The summed E-state index contributed by atoms with van der Waals surface area (Å²) in [5, 5.41) is 3.19. The van der Waals surface area contributed by atoms with Gasteiger partial charge in [-0.15, -0.1) is 0 Å². The second-order valence-corrected chi connectivity index (χ2v) is 5.92. The zero-order valence-electron chi connectivity index (χ0n) is 13.8. The van der Waals surface area contributed by atoms with Gasteiger partial charge in [-0.1, -0.05) is 0 Å². The minimum Gasteiger partial charge on any atom is -0.379 e. The Hall–Kier alpha value is -2.83. The van der Waals surface area contributed by atoms with Gasteiger partial charge in [0, 0.05) is 50.2 Å². The third kappa shape index (κ3) is 2.97. The monoisotopic (exact) mass is 328 g/mol. The highest BCUT2D eigenvalue weighted by Gasteiger charge is 2.21. The molecule has 1 N–H and O–H groups in total. The van der Waals surface area contributed by atoms with E-state index in [1.54, 1.807) is 11.9 Å². The Bertz CT molecular complexity index is 880. The van der Waals surface area contributed by atoms with Gasteiger partial charge in [0.25, 0.3) is 5.56 Å². The molecule has 1 amide bonds. The van der Waals surface area contributed by atoms with Crippen LogP contribution in [0.3, 0.4) is 0 Å². The molecule has 1 saturated heterocycles. The lowest BCUT2D eigenvalue weighted by Crippen LogP contribution is -2.38. The molecular weight excluding hydrogens is 308 g/mol. The zero-order chi connectivity index (χ0) is 17.3. The summed E-state index contributed by atoms with van der Waals surface area (Å²) < 4.78 is 2.52. The highest BCUT2D eigenvalue weighted by atomic mass is 16.2. The predicted molar refractivity (Wildman–Crippen MR) is 92.3 cm³/mol. The van der Waals surface area contributed by atoms with Crippen LogP contribution in [0.15, 0.2) is 39.9 Å². The van der Waals surface area contributed by atoms with E-state index in [-0.39, 0.29) is 17.2 Å². The van der Waals surface area contributed by atoms with Crippen LogP contribution < -0.4 is 21.5 Å². The summed E-state index contributed by atoms with van der Waals surface area (Å²) in [5.74, 6) is 0.158. The van der Waals surface area contributed by atoms with Crippen LogP contribution in [0.5, 0.6) is 0 Å². The summed E-state index contributed by atoms with van der Waals surface area (Å²) >= 11 is 0. The molecule has 0 bridgehead atoms. The fourth-order valence-electron chi connectivity index (χ4n) is 2.82. The number of nitrogens with one attached hydrogen (secondary N) is 1. The van der Waals surface area contributed by atoms with Crippen LogP contribution in [0.4, 0.5) is 11.4 Å². The molecule has 1 aliphatic rings. The normalized spacial score (nSPS) is 14.2. The van der Waals surface area contributed by atoms with Crippen molar-refractivity contribution in [1.82, 2.24) is 9.13 Å². The molecule has 2 aromatic rings. The average molecular weight is 328 g/mol. The van der Waals surface area contributed by atoms with Gasteiger partial charge < -0.3 is 10.2 Å². The number of amides is 1. The molecule has 0 atom stereocenters. The maximum absolute atomic E-state index is 11.9. The van der Waals surface area contributed by atoms with Gasteiger partial charge in [-0.3, -0.25) is 18.7 Å². The predicted octanol–water partition coefficient (Wildman–Crippen LogP) is 0.823. The van der Waals surface area contributed by atoms with Gasteiger partial charge in [-0.05, 0) is 30.7 Å². The molecule has 0 unspecified atom stereocenters. The topological polar surface area (TPSA) is 76.3 Å². The Morgan fingerprint density at radius 2 is 1.75 bits per heavy atom. The van der Waals surface area contributed by atoms with E-state index in [9.17, 15) is 14.4 Å². The molecule has 0 spiro atoms. The molecule has 7 heteroatoms. The maximum atomic E-state index is 11.9. The highest BCUT2D eigenvalue weighted by molar-refractivity contribution is 5.95. The molecule has 2 heterocycles. The highest BCUT2D eigenvalue weighted by Crippen LogP contribution is 2.23. The van der Waals surface area contributed by atoms with E-state index in [2.05, 4.69) is 5.32 Å². The summed E-state index contributed by atoms with van der Waals surface area (Å²) in [5.41, 5.74) is 1.70. The number of nitrogens with zero attached hydrogens (tertiary/aromatic N) is 3. The Morgan fingerprint density at radius 3 is 2.38 bits per heavy atom. The third-order valence-corrected chi connectivity index (χ3v) is 4.35. The Morgan fingerprint density at radius 1 is 1.04 bits per heavy atom. The number of rotatable bonds is 4. The van der Waals surface area contributed by atoms with Crippen molar-refractivity contribution in [3.8, 4) is 0 Å². The zero-order valence-corrected chi connectivity index (χ0v) is 13.8. The standard InChI is InChI=1S/C17H20N4O3/c1-19-14(10-16(23)20(2)17(19)24)11-18-12-5-7-13(8-6-12)21-9-3-4-15(21)22/h5-8,10,18H,3-4,9,11H2,1-2H3. The molecule has 126 valence electrons. The SMILES string of the molecule is Cn1c(CNc2ccc(N3CCCC3=O)cc2)cc(=O)n(C)c1=O. The fourth-order valence-corrected chi connectivity index (χ4v) is 2.82. The Labute approximate surface area is 139 Å². The van der Waals surface area contributed by atoms with Crippen molar-refractivity contribution in [3.05, 3.63) is 56.9 Å². The second kappa shape index (κ2) is 6.35. The van der Waals surface area contributed by atoms with E-state index in [4.69, 9.17) is 0 Å². The number of benzene rings is 1. The number of aromatic nitrogens is 2. The van der Waals surface area contributed by atoms with Gasteiger partial charge >= 0.3 is 5.69 Å². The van der Waals surface area contributed by atoms with Crippen molar-refractivity contribution < 1.29 is 4.79 Å². The number of anilines is 2. The lowest BCUT2D eigenvalue weighted by atomic mass is 10.2. The van der Waals surface area contributed by atoms with Crippen molar-refractivity contribution in [1.29, 1.82) is 0 Å². The average Bonchev–Trinajstić information content (AvgIpc) is 3.01. The van der Waals surface area contributed by atoms with Gasteiger partial charge in [0.15, 0.2) is 0 Å². The van der Waals surface area contributed by atoms with E-state index in [0.29, 0.717) is 18.7 Å². The number of carbonyl (C=O) groups is 1. The number of hydrogen-bond acceptors (Lipinski definition) is 4. The summed E-state index contributed by atoms with van der Waals surface area (Å²) in [6.45, 7) is 1.13. The van der Waals surface area contributed by atoms with Crippen LogP contribution in [-0.4, -0.2) is 21.6 Å². The Kier molecular flexibility index (Phi) is 4.24. The first-order valence-corrected chi connectivity index (χ1v) is 7.87. The van der Waals surface area contributed by atoms with Crippen LogP contribution in [0, 0.1) is 0 Å². The first-order chi connectivity index (χ1) is 11.5. The van der Waals surface area contributed by atoms with Gasteiger partial charge in [0.1, 0.15) is 0 Å². The number of carbonyl (C=O) groups excluding carboxylic acids is 1. The van der Waals surface area contributed by atoms with Gasteiger partial charge in [0.05, 0.1) is 6.54 Å². The molecular formula is C17H20N4O3. The molecule has 3 rings (SSSR count). The van der Waals surface area contributed by atoms with Gasteiger partial charge in [-0.25, -0.2) is 4.79 Å². The second-order valence-electron chi connectivity index (χ2n) is 5.92. The molecule has 0 aliphatic carbocycles. The van der Waals surface area contributed by atoms with Crippen LogP contribution in [0.2, 0.25) is 0 Å². The number of hydrogen-bond donors (Lipinski definition) is 1. The van der Waals surface area contributed by atoms with E-state index in [1.165, 1.54) is 17.7 Å². The maximum Gasteiger partial charge on any atom is 0.330 e. The molecule has 1 fully saturated rings. The summed E-state index contributed by atoms with van der Waals surface area (Å²) in [6, 6.07) is 9.02. The molecule has 0 radical (unpaired) electrons. The van der Waals surface area contributed by atoms with E-state index < -0.39 is 0 Å². The summed E-state index contributed by atoms with van der Waals surface area (Å²) in [4.78, 5) is 37.2. The van der Waals surface area contributed by atoms with Gasteiger partial charge in [-0.2, -0.15) is 0 Å². The lowest BCUT2D eigenvalue weighted by Gasteiger charge is -2.16. The summed E-state index contributed by atoms with van der Waals surface area (Å²) in [6.07, 6.45) is 1.51.